The number of thiol groups is 1. The van der Waals surface area contributed by atoms with Gasteiger partial charge in [-0.1, -0.05) is 6.42 Å². The molecule has 0 aromatic heterocycles. The summed E-state index contributed by atoms with van der Waals surface area (Å²) in [7, 11) is 2.12. The Morgan fingerprint density at radius 1 is 1.62 bits per heavy atom. The minimum atomic E-state index is 0.0299. The molecular weight excluding hydrogens is 184 g/mol. The Labute approximate surface area is 85.3 Å². The van der Waals surface area contributed by atoms with Crippen LogP contribution in [0.2, 0.25) is 0 Å². The first-order chi connectivity index (χ1) is 6.24. The van der Waals surface area contributed by atoms with Crippen LogP contribution in [-0.4, -0.2) is 42.7 Å². The Hall–Kier alpha value is -0.220. The summed E-state index contributed by atoms with van der Waals surface area (Å²) in [6.45, 7) is 1.93. The van der Waals surface area contributed by atoms with Crippen molar-refractivity contribution in [2.75, 3.05) is 25.9 Å². The third-order valence-corrected chi connectivity index (χ3v) is 2.89. The number of hydrogen-bond acceptors (Lipinski definition) is 3. The number of rotatable bonds is 3. The fraction of sp³-hybridized carbons (Fsp3) is 0.889. The van der Waals surface area contributed by atoms with Crippen molar-refractivity contribution in [1.29, 1.82) is 0 Å². The van der Waals surface area contributed by atoms with Crippen LogP contribution < -0.4 is 5.32 Å². The van der Waals surface area contributed by atoms with Gasteiger partial charge in [0.15, 0.2) is 0 Å². The molecule has 0 aromatic rings. The van der Waals surface area contributed by atoms with E-state index in [1.54, 1.807) is 0 Å². The Kier molecular flexibility index (Phi) is 4.59. The predicted octanol–water partition coefficient (Wildman–Crippen LogP) is 0.517. The zero-order valence-corrected chi connectivity index (χ0v) is 9.02. The molecule has 3 nitrogen and oxygen atoms in total. The van der Waals surface area contributed by atoms with Gasteiger partial charge in [-0.15, -0.1) is 0 Å². The van der Waals surface area contributed by atoms with Gasteiger partial charge in [0.25, 0.3) is 0 Å². The highest BCUT2D eigenvalue weighted by Gasteiger charge is 2.18. The van der Waals surface area contributed by atoms with Crippen LogP contribution in [0.1, 0.15) is 19.3 Å². The van der Waals surface area contributed by atoms with Gasteiger partial charge in [-0.2, -0.15) is 12.6 Å². The van der Waals surface area contributed by atoms with Gasteiger partial charge in [-0.3, -0.25) is 4.79 Å². The van der Waals surface area contributed by atoms with E-state index in [-0.39, 0.29) is 11.7 Å². The molecule has 0 bridgehead atoms. The Bertz CT molecular complexity index is 175. The number of nitrogens with zero attached hydrogens (tertiary/aromatic N) is 1. The third kappa shape index (κ3) is 3.56. The van der Waals surface area contributed by atoms with Crippen molar-refractivity contribution in [3.63, 3.8) is 0 Å². The van der Waals surface area contributed by atoms with Gasteiger partial charge in [-0.05, 0) is 26.4 Å². The maximum Gasteiger partial charge on any atom is 0.229 e. The number of amides is 1. The first-order valence-corrected chi connectivity index (χ1v) is 5.45. The Morgan fingerprint density at radius 3 is 3.00 bits per heavy atom. The van der Waals surface area contributed by atoms with Crippen molar-refractivity contribution >= 4 is 18.5 Å². The predicted molar refractivity (Wildman–Crippen MR) is 57.1 cm³/mol. The molecule has 0 radical (unpaired) electrons. The summed E-state index contributed by atoms with van der Waals surface area (Å²) in [5.74, 6) is 0.318. The molecule has 1 saturated heterocycles. The zero-order valence-electron chi connectivity index (χ0n) is 8.12. The maximum absolute atomic E-state index is 11.0. The lowest BCUT2D eigenvalue weighted by Crippen LogP contribution is -2.44. The van der Waals surface area contributed by atoms with Gasteiger partial charge < -0.3 is 10.2 Å². The molecule has 1 aliphatic heterocycles. The second kappa shape index (κ2) is 5.50. The second-order valence-electron chi connectivity index (χ2n) is 3.59. The fourth-order valence-corrected chi connectivity index (χ4v) is 1.80. The minimum absolute atomic E-state index is 0.0299. The summed E-state index contributed by atoms with van der Waals surface area (Å²) in [5.41, 5.74) is 0. The molecule has 1 heterocycles. The molecule has 0 aliphatic carbocycles. The summed E-state index contributed by atoms with van der Waals surface area (Å²) in [4.78, 5) is 13.3. The van der Waals surface area contributed by atoms with E-state index in [4.69, 9.17) is 0 Å². The van der Waals surface area contributed by atoms with E-state index in [1.165, 1.54) is 19.3 Å². The van der Waals surface area contributed by atoms with E-state index in [0.717, 1.165) is 13.1 Å². The van der Waals surface area contributed by atoms with Crippen molar-refractivity contribution in [1.82, 2.24) is 10.2 Å². The van der Waals surface area contributed by atoms with Crippen LogP contribution in [0.25, 0.3) is 0 Å². The van der Waals surface area contributed by atoms with Crippen LogP contribution >= 0.6 is 12.6 Å². The average Bonchev–Trinajstić information content (AvgIpc) is 2.16. The van der Waals surface area contributed by atoms with E-state index in [0.29, 0.717) is 6.04 Å². The quantitative estimate of drug-likeness (QED) is 0.654. The monoisotopic (exact) mass is 202 g/mol. The Morgan fingerprint density at radius 2 is 2.38 bits per heavy atom. The largest absolute Gasteiger partial charge is 0.354 e. The van der Waals surface area contributed by atoms with Crippen molar-refractivity contribution in [2.24, 2.45) is 0 Å². The zero-order chi connectivity index (χ0) is 9.68. The lowest BCUT2D eigenvalue weighted by Gasteiger charge is -2.32. The average molecular weight is 202 g/mol. The SMILES string of the molecule is CN1CCCCC1CNC(=O)CS. The van der Waals surface area contributed by atoms with Crippen molar-refractivity contribution in [2.45, 2.75) is 25.3 Å². The molecule has 1 aliphatic rings. The summed E-state index contributed by atoms with van der Waals surface area (Å²) in [6, 6.07) is 0.526. The van der Waals surface area contributed by atoms with E-state index in [9.17, 15) is 4.79 Å². The molecule has 76 valence electrons. The molecule has 1 fully saturated rings. The summed E-state index contributed by atoms with van der Waals surface area (Å²) < 4.78 is 0. The molecule has 0 spiro atoms. The van der Waals surface area contributed by atoms with Gasteiger partial charge >= 0.3 is 0 Å². The van der Waals surface area contributed by atoms with Crippen molar-refractivity contribution in [3.05, 3.63) is 0 Å². The second-order valence-corrected chi connectivity index (χ2v) is 3.91. The lowest BCUT2D eigenvalue weighted by molar-refractivity contribution is -0.118. The number of carbonyl (C=O) groups excluding carboxylic acids is 1. The van der Waals surface area contributed by atoms with Crippen LogP contribution in [0.4, 0.5) is 0 Å². The first kappa shape index (κ1) is 10.9. The summed E-state index contributed by atoms with van der Waals surface area (Å²) in [6.07, 6.45) is 3.77. The fourth-order valence-electron chi connectivity index (χ4n) is 1.69. The van der Waals surface area contributed by atoms with Gasteiger partial charge in [0.05, 0.1) is 5.75 Å². The summed E-state index contributed by atoms with van der Waals surface area (Å²) >= 11 is 3.91. The molecular formula is C9H18N2OS. The van der Waals surface area contributed by atoms with Crippen LogP contribution in [0, 0.1) is 0 Å². The van der Waals surface area contributed by atoms with E-state index in [1.807, 2.05) is 0 Å². The van der Waals surface area contributed by atoms with E-state index in [2.05, 4.69) is 29.9 Å². The highest BCUT2D eigenvalue weighted by Crippen LogP contribution is 2.13. The molecule has 0 saturated carbocycles. The van der Waals surface area contributed by atoms with Crippen LogP contribution in [0.3, 0.4) is 0 Å². The third-order valence-electron chi connectivity index (χ3n) is 2.60. The first-order valence-electron chi connectivity index (χ1n) is 4.82. The van der Waals surface area contributed by atoms with Crippen molar-refractivity contribution in [3.8, 4) is 0 Å². The topological polar surface area (TPSA) is 32.3 Å². The molecule has 1 unspecified atom stereocenters. The molecule has 1 amide bonds. The van der Waals surface area contributed by atoms with Crippen molar-refractivity contribution < 1.29 is 4.79 Å². The highest BCUT2D eigenvalue weighted by atomic mass is 32.1. The Balaban J connectivity index is 2.22. The van der Waals surface area contributed by atoms with Gasteiger partial charge in [0.1, 0.15) is 0 Å². The normalized spacial score (nSPS) is 24.3. The number of piperidine rings is 1. The number of likely N-dealkylation sites (N-methyl/N-ethyl adjacent to an activating group) is 1. The standard InChI is InChI=1S/C9H18N2OS/c1-11-5-3-2-4-8(11)6-10-9(12)7-13/h8,13H,2-7H2,1H3,(H,10,12). The smallest absolute Gasteiger partial charge is 0.229 e. The number of carbonyl (C=O) groups is 1. The highest BCUT2D eigenvalue weighted by molar-refractivity contribution is 7.81. The maximum atomic E-state index is 11.0. The molecule has 1 atom stereocenters. The number of nitrogens with one attached hydrogen (secondary N) is 1. The molecule has 4 heteroatoms. The number of likely N-dealkylation sites (tertiary alicyclic amines) is 1. The van der Waals surface area contributed by atoms with Gasteiger partial charge in [-0.25, -0.2) is 0 Å². The molecule has 0 aromatic carbocycles. The van der Waals surface area contributed by atoms with E-state index >= 15 is 0 Å². The van der Waals surface area contributed by atoms with E-state index < -0.39 is 0 Å². The number of hydrogen-bond donors (Lipinski definition) is 2. The van der Waals surface area contributed by atoms with Crippen LogP contribution in [0.5, 0.6) is 0 Å². The van der Waals surface area contributed by atoms with Crippen LogP contribution in [-0.2, 0) is 4.79 Å². The lowest BCUT2D eigenvalue weighted by atomic mass is 10.0. The molecule has 1 N–H and O–H groups in total. The molecule has 13 heavy (non-hydrogen) atoms. The molecule has 1 rings (SSSR count). The van der Waals surface area contributed by atoms with Gasteiger partial charge in [0.2, 0.25) is 5.91 Å². The van der Waals surface area contributed by atoms with Gasteiger partial charge in [0, 0.05) is 12.6 Å². The minimum Gasteiger partial charge on any atom is -0.354 e. The van der Waals surface area contributed by atoms with Crippen LogP contribution in [0.15, 0.2) is 0 Å². The summed E-state index contributed by atoms with van der Waals surface area (Å²) in [5, 5.41) is 2.88.